The number of hydrogen-bond acceptors (Lipinski definition) is 6. The van der Waals surface area contributed by atoms with E-state index in [1.807, 2.05) is 0 Å². The van der Waals surface area contributed by atoms with Gasteiger partial charge in [0, 0.05) is 0 Å². The van der Waals surface area contributed by atoms with Gasteiger partial charge in [-0.15, -0.1) is 0 Å². The first kappa shape index (κ1) is 14.7. The van der Waals surface area contributed by atoms with Crippen molar-refractivity contribution in [1.82, 2.24) is 0 Å². The van der Waals surface area contributed by atoms with Crippen LogP contribution in [-0.2, 0) is 35.0 Å². The molecule has 0 aliphatic rings. The van der Waals surface area contributed by atoms with Crippen molar-refractivity contribution in [2.45, 2.75) is 12.5 Å². The summed E-state index contributed by atoms with van der Waals surface area (Å²) in [5.41, 5.74) is 0.709. The molecule has 6 nitrogen and oxygen atoms in total. The summed E-state index contributed by atoms with van der Waals surface area (Å²) in [4.78, 5) is 34.2. The van der Waals surface area contributed by atoms with E-state index in [-0.39, 0.29) is 6.42 Å². The Morgan fingerprint density at radius 3 is 2.00 bits per heavy atom. The lowest BCUT2D eigenvalue weighted by Gasteiger charge is -2.13. The van der Waals surface area contributed by atoms with E-state index in [2.05, 4.69) is 9.47 Å². The molecule has 0 aliphatic heterocycles. The Hall–Kier alpha value is -2.37. The molecule has 0 spiro atoms. The fraction of sp³-hybridized carbons (Fsp3) is 0.308. The minimum atomic E-state index is -1.69. The topological polar surface area (TPSA) is 78.9 Å². The highest BCUT2D eigenvalue weighted by atomic mass is 16.6. The van der Waals surface area contributed by atoms with Crippen LogP contribution in [0.25, 0.3) is 0 Å². The molecule has 0 amide bonds. The molecular formula is C13H14O6. The minimum absolute atomic E-state index is 0.0503. The fourth-order valence-electron chi connectivity index (χ4n) is 1.34. The number of carbonyl (C=O) groups is 3. The molecule has 0 radical (unpaired) electrons. The van der Waals surface area contributed by atoms with Gasteiger partial charge in [-0.2, -0.15) is 0 Å². The van der Waals surface area contributed by atoms with E-state index >= 15 is 0 Å². The van der Waals surface area contributed by atoms with Crippen molar-refractivity contribution in [2.24, 2.45) is 0 Å². The lowest BCUT2D eigenvalue weighted by molar-refractivity contribution is -0.177. The molecule has 0 fully saturated rings. The monoisotopic (exact) mass is 266 g/mol. The first-order chi connectivity index (χ1) is 9.08. The van der Waals surface area contributed by atoms with Crippen molar-refractivity contribution in [3.63, 3.8) is 0 Å². The molecule has 0 heterocycles. The van der Waals surface area contributed by atoms with E-state index in [9.17, 15) is 14.4 Å². The first-order valence-electron chi connectivity index (χ1n) is 5.47. The molecule has 0 saturated heterocycles. The van der Waals surface area contributed by atoms with E-state index in [1.165, 1.54) is 0 Å². The van der Waals surface area contributed by atoms with E-state index < -0.39 is 24.0 Å². The van der Waals surface area contributed by atoms with E-state index in [0.29, 0.717) is 5.56 Å². The Kier molecular flexibility index (Phi) is 5.53. The summed E-state index contributed by atoms with van der Waals surface area (Å²) >= 11 is 0. The minimum Gasteiger partial charge on any atom is -0.466 e. The van der Waals surface area contributed by atoms with Gasteiger partial charge in [0.25, 0.3) is 6.10 Å². The van der Waals surface area contributed by atoms with Gasteiger partial charge in [0.15, 0.2) is 0 Å². The van der Waals surface area contributed by atoms with Gasteiger partial charge in [-0.1, -0.05) is 30.3 Å². The van der Waals surface area contributed by atoms with Crippen molar-refractivity contribution >= 4 is 17.9 Å². The third kappa shape index (κ3) is 4.42. The average molecular weight is 266 g/mol. The molecule has 6 heteroatoms. The third-order valence-corrected chi connectivity index (χ3v) is 2.27. The van der Waals surface area contributed by atoms with Crippen LogP contribution in [0.3, 0.4) is 0 Å². The molecule has 0 aliphatic carbocycles. The maximum atomic E-state index is 11.6. The molecule has 0 atom stereocenters. The molecule has 0 N–H and O–H groups in total. The highest BCUT2D eigenvalue weighted by Gasteiger charge is 2.32. The first-order valence-corrected chi connectivity index (χ1v) is 5.47. The Morgan fingerprint density at radius 2 is 1.53 bits per heavy atom. The van der Waals surface area contributed by atoms with Gasteiger partial charge in [-0.05, 0) is 5.56 Å². The standard InChI is InChI=1S/C13H14O6/c1-17-12(15)11(13(16)18-2)19-10(14)8-9-6-4-3-5-7-9/h3-7,11H,8H2,1-2H3. The van der Waals surface area contributed by atoms with Crippen LogP contribution in [0, 0.1) is 0 Å². The van der Waals surface area contributed by atoms with Crippen molar-refractivity contribution in [1.29, 1.82) is 0 Å². The molecule has 0 unspecified atom stereocenters. The number of hydrogen-bond donors (Lipinski definition) is 0. The van der Waals surface area contributed by atoms with Gasteiger partial charge < -0.3 is 14.2 Å². The molecule has 0 aromatic heterocycles. The molecule has 102 valence electrons. The van der Waals surface area contributed by atoms with Crippen LogP contribution < -0.4 is 0 Å². The van der Waals surface area contributed by atoms with Crippen molar-refractivity contribution in [3.8, 4) is 0 Å². The number of carbonyl (C=O) groups excluding carboxylic acids is 3. The Labute approximate surface area is 110 Å². The summed E-state index contributed by atoms with van der Waals surface area (Å²) in [6.45, 7) is 0. The highest BCUT2D eigenvalue weighted by Crippen LogP contribution is 2.05. The van der Waals surface area contributed by atoms with Gasteiger partial charge in [0.05, 0.1) is 20.6 Å². The fourth-order valence-corrected chi connectivity index (χ4v) is 1.34. The van der Waals surface area contributed by atoms with Gasteiger partial charge >= 0.3 is 17.9 Å². The second-order valence-corrected chi connectivity index (χ2v) is 3.58. The highest BCUT2D eigenvalue weighted by molar-refractivity contribution is 5.99. The lowest BCUT2D eigenvalue weighted by atomic mass is 10.1. The van der Waals surface area contributed by atoms with Crippen LogP contribution in [0.5, 0.6) is 0 Å². The van der Waals surface area contributed by atoms with Crippen LogP contribution in [-0.4, -0.2) is 38.2 Å². The molecule has 1 rings (SSSR count). The third-order valence-electron chi connectivity index (χ3n) is 2.27. The summed E-state index contributed by atoms with van der Waals surface area (Å²) in [5, 5.41) is 0. The molecule has 1 aromatic rings. The number of methoxy groups -OCH3 is 2. The normalized spacial score (nSPS) is 9.84. The van der Waals surface area contributed by atoms with Crippen LogP contribution in [0.1, 0.15) is 5.56 Å². The SMILES string of the molecule is COC(=O)C(OC(=O)Cc1ccccc1)C(=O)OC. The second-order valence-electron chi connectivity index (χ2n) is 3.58. The van der Waals surface area contributed by atoms with Crippen LogP contribution in [0.2, 0.25) is 0 Å². The number of esters is 3. The Balaban J connectivity index is 2.66. The van der Waals surface area contributed by atoms with Crippen molar-refractivity contribution in [2.75, 3.05) is 14.2 Å². The van der Waals surface area contributed by atoms with Gasteiger partial charge in [0.1, 0.15) is 0 Å². The van der Waals surface area contributed by atoms with Gasteiger partial charge in [-0.25, -0.2) is 9.59 Å². The van der Waals surface area contributed by atoms with Crippen LogP contribution in [0.15, 0.2) is 30.3 Å². The predicted molar refractivity (Wildman–Crippen MR) is 64.1 cm³/mol. The van der Waals surface area contributed by atoms with Crippen LogP contribution in [0.4, 0.5) is 0 Å². The lowest BCUT2D eigenvalue weighted by Crippen LogP contribution is -2.37. The zero-order chi connectivity index (χ0) is 14.3. The molecule has 0 bridgehead atoms. The molecule has 19 heavy (non-hydrogen) atoms. The predicted octanol–water partition coefficient (Wildman–Crippen LogP) is 0.487. The van der Waals surface area contributed by atoms with E-state index in [4.69, 9.17) is 4.74 Å². The number of ether oxygens (including phenoxy) is 3. The van der Waals surface area contributed by atoms with Crippen molar-refractivity contribution in [3.05, 3.63) is 35.9 Å². The molecular weight excluding hydrogens is 252 g/mol. The maximum Gasteiger partial charge on any atom is 0.359 e. The Bertz CT molecular complexity index is 437. The second kappa shape index (κ2) is 7.15. The summed E-state index contributed by atoms with van der Waals surface area (Å²) in [6.07, 6.45) is -1.74. The van der Waals surface area contributed by atoms with E-state index in [1.54, 1.807) is 30.3 Å². The smallest absolute Gasteiger partial charge is 0.359 e. The number of rotatable bonds is 5. The largest absolute Gasteiger partial charge is 0.466 e. The summed E-state index contributed by atoms with van der Waals surface area (Å²) in [7, 11) is 2.17. The Morgan fingerprint density at radius 1 is 1.00 bits per heavy atom. The summed E-state index contributed by atoms with van der Waals surface area (Å²) in [6, 6.07) is 8.79. The van der Waals surface area contributed by atoms with Gasteiger partial charge in [-0.3, -0.25) is 4.79 Å². The van der Waals surface area contributed by atoms with Gasteiger partial charge in [0.2, 0.25) is 0 Å². The molecule has 1 aromatic carbocycles. The zero-order valence-corrected chi connectivity index (χ0v) is 10.6. The van der Waals surface area contributed by atoms with Crippen LogP contribution >= 0.6 is 0 Å². The van der Waals surface area contributed by atoms with Crippen molar-refractivity contribution < 1.29 is 28.6 Å². The van der Waals surface area contributed by atoms with E-state index in [0.717, 1.165) is 14.2 Å². The summed E-state index contributed by atoms with van der Waals surface area (Å²) in [5.74, 6) is -2.67. The maximum absolute atomic E-state index is 11.6. The molecule has 0 saturated carbocycles. The average Bonchev–Trinajstić information content (AvgIpc) is 2.44. The number of benzene rings is 1. The quantitative estimate of drug-likeness (QED) is 0.438. The summed E-state index contributed by atoms with van der Waals surface area (Å²) < 4.78 is 13.5. The zero-order valence-electron chi connectivity index (χ0n) is 10.6.